The molecule has 4 heteroatoms. The molecule has 0 radical (unpaired) electrons. The molecule has 0 amide bonds. The Labute approximate surface area is 120 Å². The van der Waals surface area contributed by atoms with E-state index in [9.17, 15) is 0 Å². The fraction of sp³-hybridized carbons (Fsp3) is 0.500. The Kier molecular flexibility index (Phi) is 3.83. The molecule has 0 aliphatic heterocycles. The summed E-state index contributed by atoms with van der Waals surface area (Å²) in [7, 11) is 1.95. The predicted molar refractivity (Wildman–Crippen MR) is 79.3 cm³/mol. The average molecular weight is 270 g/mol. The van der Waals surface area contributed by atoms with Crippen molar-refractivity contribution in [1.82, 2.24) is 14.8 Å². The summed E-state index contributed by atoms with van der Waals surface area (Å²) in [6, 6.07) is 10.2. The van der Waals surface area contributed by atoms with E-state index in [1.165, 1.54) is 31.2 Å². The van der Waals surface area contributed by atoms with E-state index in [4.69, 9.17) is 10.7 Å². The number of nitrogens with two attached hydrogens (primary N) is 1. The molecule has 1 aliphatic rings. The van der Waals surface area contributed by atoms with E-state index in [-0.39, 0.29) is 6.04 Å². The molecular formula is C16H22N4. The van der Waals surface area contributed by atoms with E-state index in [0.717, 1.165) is 18.1 Å². The first-order chi connectivity index (χ1) is 9.74. The summed E-state index contributed by atoms with van der Waals surface area (Å²) in [5.74, 6) is 2.43. The molecule has 2 N–H and O–H groups in total. The molecule has 1 aromatic carbocycles. The Morgan fingerprint density at radius 3 is 2.65 bits per heavy atom. The first kappa shape index (κ1) is 13.3. The quantitative estimate of drug-likeness (QED) is 0.929. The van der Waals surface area contributed by atoms with Gasteiger partial charge in [0.2, 0.25) is 0 Å². The normalized spacial score (nSPS) is 17.5. The van der Waals surface area contributed by atoms with Gasteiger partial charge in [0.05, 0.1) is 6.04 Å². The minimum absolute atomic E-state index is 0.0925. The van der Waals surface area contributed by atoms with Crippen LogP contribution in [0.2, 0.25) is 0 Å². The summed E-state index contributed by atoms with van der Waals surface area (Å²) < 4.78 is 1.86. The van der Waals surface area contributed by atoms with Gasteiger partial charge in [-0.1, -0.05) is 43.2 Å². The minimum Gasteiger partial charge on any atom is -0.321 e. The molecule has 0 bridgehead atoms. The standard InChI is InChI=1S/C16H22N4/c1-20-16(14(17)11-12-7-3-2-4-8-12)18-15(19-20)13-9-5-6-10-13/h2-4,7-8,13-14H,5-6,9-11,17H2,1H3. The molecule has 2 aromatic rings. The summed E-state index contributed by atoms with van der Waals surface area (Å²) in [6.45, 7) is 0. The first-order valence-corrected chi connectivity index (χ1v) is 7.44. The highest BCUT2D eigenvalue weighted by molar-refractivity contribution is 5.17. The molecule has 1 aromatic heterocycles. The average Bonchev–Trinajstić information content (AvgIpc) is 3.08. The molecule has 1 fully saturated rings. The van der Waals surface area contributed by atoms with E-state index < -0.39 is 0 Å². The topological polar surface area (TPSA) is 56.7 Å². The third kappa shape index (κ3) is 2.75. The summed E-state index contributed by atoms with van der Waals surface area (Å²) in [6.07, 6.45) is 5.84. The van der Waals surface area contributed by atoms with Gasteiger partial charge >= 0.3 is 0 Å². The zero-order valence-corrected chi connectivity index (χ0v) is 12.0. The fourth-order valence-corrected chi connectivity index (χ4v) is 3.06. The van der Waals surface area contributed by atoms with Crippen LogP contribution >= 0.6 is 0 Å². The zero-order valence-electron chi connectivity index (χ0n) is 12.0. The van der Waals surface area contributed by atoms with Crippen LogP contribution in [-0.2, 0) is 13.5 Å². The van der Waals surface area contributed by atoms with Crippen LogP contribution in [0, 0.1) is 0 Å². The van der Waals surface area contributed by atoms with Gasteiger partial charge in [0, 0.05) is 13.0 Å². The van der Waals surface area contributed by atoms with Crippen molar-refractivity contribution in [1.29, 1.82) is 0 Å². The Morgan fingerprint density at radius 1 is 1.25 bits per heavy atom. The second kappa shape index (κ2) is 5.75. The van der Waals surface area contributed by atoms with Crippen molar-refractivity contribution in [3.63, 3.8) is 0 Å². The lowest BCUT2D eigenvalue weighted by molar-refractivity contribution is 0.598. The van der Waals surface area contributed by atoms with E-state index in [2.05, 4.69) is 17.2 Å². The summed E-state index contributed by atoms with van der Waals surface area (Å²) in [5.41, 5.74) is 7.56. The molecule has 106 valence electrons. The lowest BCUT2D eigenvalue weighted by atomic mass is 10.1. The van der Waals surface area contributed by atoms with Crippen LogP contribution < -0.4 is 5.73 Å². The third-order valence-electron chi connectivity index (χ3n) is 4.16. The van der Waals surface area contributed by atoms with Gasteiger partial charge in [-0.15, -0.1) is 0 Å². The van der Waals surface area contributed by atoms with Crippen LogP contribution in [0.5, 0.6) is 0 Å². The lowest BCUT2D eigenvalue weighted by Gasteiger charge is -2.10. The van der Waals surface area contributed by atoms with Crippen LogP contribution in [0.15, 0.2) is 30.3 Å². The molecule has 20 heavy (non-hydrogen) atoms. The number of aryl methyl sites for hydroxylation is 1. The van der Waals surface area contributed by atoms with Gasteiger partial charge in [0.1, 0.15) is 5.82 Å². The molecule has 1 heterocycles. The second-order valence-corrected chi connectivity index (χ2v) is 5.73. The maximum Gasteiger partial charge on any atom is 0.154 e. The molecule has 1 atom stereocenters. The largest absolute Gasteiger partial charge is 0.321 e. The minimum atomic E-state index is -0.0925. The predicted octanol–water partition coefficient (Wildman–Crippen LogP) is 2.72. The van der Waals surface area contributed by atoms with Crippen molar-refractivity contribution in [3.05, 3.63) is 47.5 Å². The van der Waals surface area contributed by atoms with Gasteiger partial charge < -0.3 is 5.73 Å². The number of rotatable bonds is 4. The van der Waals surface area contributed by atoms with Crippen molar-refractivity contribution in [3.8, 4) is 0 Å². The molecule has 1 saturated carbocycles. The Balaban J connectivity index is 1.75. The molecule has 4 nitrogen and oxygen atoms in total. The maximum atomic E-state index is 6.32. The smallest absolute Gasteiger partial charge is 0.154 e. The number of benzene rings is 1. The molecule has 0 spiro atoms. The van der Waals surface area contributed by atoms with Crippen LogP contribution in [0.1, 0.15) is 54.9 Å². The highest BCUT2D eigenvalue weighted by atomic mass is 15.3. The van der Waals surface area contributed by atoms with E-state index in [0.29, 0.717) is 5.92 Å². The van der Waals surface area contributed by atoms with Crippen molar-refractivity contribution in [2.75, 3.05) is 0 Å². The van der Waals surface area contributed by atoms with Gasteiger partial charge in [-0.3, -0.25) is 4.68 Å². The molecular weight excluding hydrogens is 248 g/mol. The monoisotopic (exact) mass is 270 g/mol. The maximum absolute atomic E-state index is 6.32. The van der Waals surface area contributed by atoms with Crippen LogP contribution in [0.3, 0.4) is 0 Å². The van der Waals surface area contributed by atoms with Gasteiger partial charge in [0.25, 0.3) is 0 Å². The number of hydrogen-bond acceptors (Lipinski definition) is 3. The Hall–Kier alpha value is -1.68. The third-order valence-corrected chi connectivity index (χ3v) is 4.16. The lowest BCUT2D eigenvalue weighted by Crippen LogP contribution is -2.18. The van der Waals surface area contributed by atoms with Crippen LogP contribution in [-0.4, -0.2) is 14.8 Å². The van der Waals surface area contributed by atoms with Crippen LogP contribution in [0.25, 0.3) is 0 Å². The van der Waals surface area contributed by atoms with Crippen molar-refractivity contribution >= 4 is 0 Å². The number of hydrogen-bond donors (Lipinski definition) is 1. The Bertz CT molecular complexity index is 555. The Morgan fingerprint density at radius 2 is 1.95 bits per heavy atom. The molecule has 1 aliphatic carbocycles. The van der Waals surface area contributed by atoms with Gasteiger partial charge in [-0.05, 0) is 24.8 Å². The number of nitrogens with zero attached hydrogens (tertiary/aromatic N) is 3. The van der Waals surface area contributed by atoms with Gasteiger partial charge in [-0.25, -0.2) is 4.98 Å². The van der Waals surface area contributed by atoms with Crippen molar-refractivity contribution < 1.29 is 0 Å². The van der Waals surface area contributed by atoms with Gasteiger partial charge in [-0.2, -0.15) is 5.10 Å². The van der Waals surface area contributed by atoms with Crippen molar-refractivity contribution in [2.24, 2.45) is 12.8 Å². The van der Waals surface area contributed by atoms with Crippen molar-refractivity contribution in [2.45, 2.75) is 44.1 Å². The first-order valence-electron chi connectivity index (χ1n) is 7.44. The summed E-state index contributed by atoms with van der Waals surface area (Å²) in [4.78, 5) is 4.71. The van der Waals surface area contributed by atoms with E-state index in [1.807, 2.05) is 29.9 Å². The summed E-state index contributed by atoms with van der Waals surface area (Å²) >= 11 is 0. The highest BCUT2D eigenvalue weighted by Gasteiger charge is 2.23. The summed E-state index contributed by atoms with van der Waals surface area (Å²) in [5, 5.41) is 4.58. The van der Waals surface area contributed by atoms with Crippen LogP contribution in [0.4, 0.5) is 0 Å². The second-order valence-electron chi connectivity index (χ2n) is 5.73. The van der Waals surface area contributed by atoms with Gasteiger partial charge in [0.15, 0.2) is 5.82 Å². The SMILES string of the molecule is Cn1nc(C2CCCC2)nc1C(N)Cc1ccccc1. The van der Waals surface area contributed by atoms with E-state index >= 15 is 0 Å². The molecule has 3 rings (SSSR count). The fourth-order valence-electron chi connectivity index (χ4n) is 3.06. The van der Waals surface area contributed by atoms with E-state index in [1.54, 1.807) is 0 Å². The highest BCUT2D eigenvalue weighted by Crippen LogP contribution is 2.32. The number of aromatic nitrogens is 3. The molecule has 1 unspecified atom stereocenters. The molecule has 0 saturated heterocycles. The zero-order chi connectivity index (χ0) is 13.9.